The Morgan fingerprint density at radius 1 is 0.937 bits per heavy atom. The molecule has 23 nitrogen and oxygen atoms in total. The number of fused-ring (bicyclic) bond motifs is 1. The van der Waals surface area contributed by atoms with Gasteiger partial charge in [-0.1, -0.05) is 32.9 Å². The zero-order valence-electron chi connectivity index (χ0n) is 48.9. The van der Waals surface area contributed by atoms with Gasteiger partial charge in [0.2, 0.25) is 5.43 Å². The van der Waals surface area contributed by atoms with Crippen LogP contribution < -0.4 is 15.8 Å². The Morgan fingerprint density at radius 3 is 2.23 bits per heavy atom. The summed E-state index contributed by atoms with van der Waals surface area (Å²) in [4.78, 5) is 60.7. The second-order valence-electron chi connectivity index (χ2n) is 22.6. The number of likely N-dealkylation sites (N-methyl/N-ethyl adjacent to an activating group) is 1. The van der Waals surface area contributed by atoms with Crippen LogP contribution in [0.2, 0.25) is 0 Å². The van der Waals surface area contributed by atoms with Crippen LogP contribution in [0.15, 0.2) is 39.2 Å². The fourth-order valence-corrected chi connectivity index (χ4v) is 12.3. The molecule has 4 heterocycles. The molecule has 448 valence electrons. The van der Waals surface area contributed by atoms with Crippen LogP contribution in [0.25, 0.3) is 10.9 Å². The van der Waals surface area contributed by atoms with Gasteiger partial charge in [-0.3, -0.25) is 14.3 Å². The summed E-state index contributed by atoms with van der Waals surface area (Å²) in [6, 6.07) is 4.91. The number of carbonyl (C=O) groups is 3. The number of oxime groups is 1. The zero-order valence-corrected chi connectivity index (χ0v) is 49.7. The van der Waals surface area contributed by atoms with Crippen molar-refractivity contribution in [3.63, 3.8) is 0 Å². The van der Waals surface area contributed by atoms with E-state index >= 15 is 0 Å². The first-order chi connectivity index (χ1) is 36.9. The number of alkyl carbamates (subject to hydrolysis) is 1. The fraction of sp³-hybridized carbons (Fsp3) is 0.764. The van der Waals surface area contributed by atoms with E-state index in [2.05, 4.69) is 10.5 Å². The monoisotopic (exact) mass is 1140 g/mol. The number of methoxy groups -OCH3 is 1. The number of rotatable bonds is 18. The number of nitrogens with zero attached hydrogens (tertiary/aromatic N) is 4. The topological polar surface area (TPSA) is 288 Å². The molecule has 6 N–H and O–H groups in total. The predicted octanol–water partition coefficient (Wildman–Crippen LogP) is 3.97. The number of pyridine rings is 1. The van der Waals surface area contributed by atoms with E-state index in [9.17, 15) is 44.7 Å². The maximum atomic E-state index is 14.6. The lowest BCUT2D eigenvalue weighted by atomic mass is 9.73. The molecule has 0 aliphatic carbocycles. The number of cyclic esters (lactones) is 1. The first kappa shape index (κ1) is 65.6. The lowest BCUT2D eigenvalue weighted by Crippen LogP contribution is -2.61. The highest BCUT2D eigenvalue weighted by Crippen LogP contribution is 2.42. The Kier molecular flexibility index (Phi) is 23.0. The molecular weight excluding hydrogens is 1050 g/mol. The van der Waals surface area contributed by atoms with E-state index in [1.165, 1.54) is 39.1 Å². The largest absolute Gasteiger partial charge is 0.477 e. The van der Waals surface area contributed by atoms with Crippen molar-refractivity contribution >= 4 is 46.4 Å². The molecular formula is C55H89N5O18S. The standard InChI is InChI=1S/C55H89N5O18S/c1-17-40-55(10,69)46(63)31(4)42(57-71-16)29(2)26-53(8,68)47(77-51-44(62)39(58(11)12)24-30(3)73-51)32(5)45(33(6)50(66)75-40)76-41-27-54(9,70-15)48(34(7)74-41)78-52(67)56-20-21-72-22-23-79-35-18-19-38-36(25-35)43(61)37(49(64)65)28-60(38)59(13)14/h18-19,25,28-34,39-41,44-48,51,62-63,68-69H,17,20-24,26-27H2,1-16H3,(H,56,67)(H,64,65)/b57-42+/t29-,30-,31-,32+,33-,34+,39+,40-,41+,44-,45+,46-,47-,48+,51+,53-,54-,55-/m1/s1. The number of benzene rings is 1. The number of aliphatic hydroxyl groups is 4. The molecule has 3 fully saturated rings. The molecule has 1 amide bonds. The summed E-state index contributed by atoms with van der Waals surface area (Å²) in [5, 5.41) is 67.0. The van der Waals surface area contributed by atoms with Crippen molar-refractivity contribution in [2.45, 2.75) is 184 Å². The highest BCUT2D eigenvalue weighted by Gasteiger charge is 2.54. The van der Waals surface area contributed by atoms with Gasteiger partial charge in [0.1, 0.15) is 36.1 Å². The minimum Gasteiger partial charge on any atom is -0.477 e. The molecule has 3 aliphatic heterocycles. The average Bonchev–Trinajstić information content (AvgIpc) is 3.42. The number of aromatic carboxylic acids is 1. The molecule has 0 radical (unpaired) electrons. The number of carboxylic acid groups (broad SMARTS) is 1. The third-order valence-electron chi connectivity index (χ3n) is 15.9. The van der Waals surface area contributed by atoms with Gasteiger partial charge in [-0.05, 0) is 93.1 Å². The minimum absolute atomic E-state index is 0.0140. The molecule has 1 aromatic carbocycles. The summed E-state index contributed by atoms with van der Waals surface area (Å²) < 4.78 is 51.9. The van der Waals surface area contributed by atoms with Crippen molar-refractivity contribution < 1.29 is 82.6 Å². The minimum atomic E-state index is -1.98. The van der Waals surface area contributed by atoms with Gasteiger partial charge in [0.25, 0.3) is 0 Å². The maximum Gasteiger partial charge on any atom is 0.407 e. The van der Waals surface area contributed by atoms with E-state index in [1.807, 2.05) is 38.9 Å². The van der Waals surface area contributed by atoms with Crippen LogP contribution in [0.3, 0.4) is 0 Å². The van der Waals surface area contributed by atoms with Crippen LogP contribution in [0.4, 0.5) is 4.79 Å². The van der Waals surface area contributed by atoms with Gasteiger partial charge >= 0.3 is 18.0 Å². The molecule has 5 rings (SSSR count). The number of hydrogen-bond donors (Lipinski definition) is 6. The van der Waals surface area contributed by atoms with Gasteiger partial charge < -0.3 is 83.5 Å². The Balaban J connectivity index is 1.33. The van der Waals surface area contributed by atoms with Crippen molar-refractivity contribution in [3.8, 4) is 0 Å². The summed E-state index contributed by atoms with van der Waals surface area (Å²) in [7, 11) is 10.0. The second kappa shape index (κ2) is 27.7. The smallest absolute Gasteiger partial charge is 0.407 e. The number of thioether (sulfide) groups is 1. The molecule has 3 aliphatic rings. The van der Waals surface area contributed by atoms with Crippen molar-refractivity contribution in [1.29, 1.82) is 0 Å². The lowest BCUT2D eigenvalue weighted by molar-refractivity contribution is -0.317. The fourth-order valence-electron chi connectivity index (χ4n) is 11.5. The summed E-state index contributed by atoms with van der Waals surface area (Å²) in [5.74, 6) is -5.10. The number of amides is 1. The van der Waals surface area contributed by atoms with Crippen LogP contribution in [-0.2, 0) is 47.5 Å². The molecule has 1 aromatic heterocycles. The molecule has 79 heavy (non-hydrogen) atoms. The normalized spacial score (nSPS) is 36.6. The number of aromatic nitrogens is 1. The zero-order chi connectivity index (χ0) is 59.1. The van der Waals surface area contributed by atoms with Crippen molar-refractivity contribution in [2.75, 3.05) is 72.9 Å². The molecule has 0 unspecified atom stereocenters. The van der Waals surface area contributed by atoms with Gasteiger partial charge in [0.05, 0.1) is 66.5 Å². The molecule has 3 saturated heterocycles. The van der Waals surface area contributed by atoms with Crippen LogP contribution in [0.1, 0.15) is 105 Å². The van der Waals surface area contributed by atoms with Crippen LogP contribution in [0, 0.1) is 23.7 Å². The van der Waals surface area contributed by atoms with E-state index in [0.29, 0.717) is 30.0 Å². The number of carboxylic acids is 1. The van der Waals surface area contributed by atoms with Crippen LogP contribution >= 0.6 is 11.8 Å². The van der Waals surface area contributed by atoms with Gasteiger partial charge in [0, 0.05) is 80.2 Å². The van der Waals surface area contributed by atoms with Gasteiger partial charge in [-0.25, -0.2) is 9.59 Å². The van der Waals surface area contributed by atoms with Crippen molar-refractivity contribution in [3.05, 3.63) is 40.2 Å². The summed E-state index contributed by atoms with van der Waals surface area (Å²) in [5.41, 5.74) is -5.02. The van der Waals surface area contributed by atoms with Gasteiger partial charge in [-0.2, -0.15) is 0 Å². The summed E-state index contributed by atoms with van der Waals surface area (Å²) in [6.07, 6.45) is -9.66. The summed E-state index contributed by atoms with van der Waals surface area (Å²) >= 11 is 1.43. The number of nitrogens with one attached hydrogen (secondary N) is 1. The SMILES string of the molecule is CC[C@H]1OC(=O)[C@H](C)[C@@H](O[C@H]2C[C@@](C)(OC)[C@@H](OC(=O)NCCOCCSc3ccc4c(c3)c(=O)c(C(=O)O)cn4N(C)C)[C@H](C)O2)[C@H](C)[C@@H](O[C@@H]2O[C@H](C)C[C@H](N(C)C)[C@H]2O)[C@](C)(O)C[C@@H](C)/C(=N\OC)[C@@H](C)[C@@H](O)[C@]1(C)O. The van der Waals surface area contributed by atoms with Gasteiger partial charge in [-0.15, -0.1) is 11.8 Å². The molecule has 2 aromatic rings. The lowest BCUT2D eigenvalue weighted by Gasteiger charge is -2.49. The average molecular weight is 1140 g/mol. The molecule has 0 saturated carbocycles. The molecule has 0 bridgehead atoms. The molecule has 24 heteroatoms. The maximum absolute atomic E-state index is 14.6. The van der Waals surface area contributed by atoms with Crippen molar-refractivity contribution in [1.82, 2.24) is 14.9 Å². The Hall–Kier alpha value is -4.18. The second-order valence-corrected chi connectivity index (χ2v) is 23.8. The number of esters is 1. The van der Waals surface area contributed by atoms with E-state index in [0.717, 1.165) is 4.90 Å². The Bertz CT molecular complexity index is 2460. The number of hydrogen-bond acceptors (Lipinski definition) is 21. The van der Waals surface area contributed by atoms with Crippen molar-refractivity contribution in [2.24, 2.45) is 28.8 Å². The third-order valence-corrected chi connectivity index (χ3v) is 16.8. The summed E-state index contributed by atoms with van der Waals surface area (Å²) in [6.45, 7) is 17.4. The van der Waals surface area contributed by atoms with Gasteiger partial charge in [0.15, 0.2) is 18.7 Å². The highest BCUT2D eigenvalue weighted by molar-refractivity contribution is 7.99. The van der Waals surface area contributed by atoms with E-state index in [4.69, 9.17) is 42.7 Å². The molecule has 0 spiro atoms. The first-order valence-corrected chi connectivity index (χ1v) is 28.1. The van der Waals surface area contributed by atoms with E-state index in [-0.39, 0.29) is 55.5 Å². The number of ether oxygens (including phenoxy) is 8. The van der Waals surface area contributed by atoms with E-state index < -0.39 is 119 Å². The van der Waals surface area contributed by atoms with Crippen LogP contribution in [0.5, 0.6) is 0 Å². The highest BCUT2D eigenvalue weighted by atomic mass is 32.2. The Labute approximate surface area is 468 Å². The van der Waals surface area contributed by atoms with Crippen LogP contribution in [-0.4, -0.2) is 211 Å². The Morgan fingerprint density at radius 2 is 1.62 bits per heavy atom. The quantitative estimate of drug-likeness (QED) is 0.0533. The van der Waals surface area contributed by atoms with E-state index in [1.54, 1.807) is 84.4 Å². The predicted molar refractivity (Wildman–Crippen MR) is 295 cm³/mol. The number of aliphatic hydroxyl groups excluding tert-OH is 2. The number of carbonyl (C=O) groups excluding carboxylic acids is 2. The third kappa shape index (κ3) is 15.5. The molecule has 18 atom stereocenters. The first-order valence-electron chi connectivity index (χ1n) is 27.1.